The van der Waals surface area contributed by atoms with Crippen molar-refractivity contribution in [1.82, 2.24) is 4.90 Å². The maximum absolute atomic E-state index is 11.4. The predicted molar refractivity (Wildman–Crippen MR) is 76.4 cm³/mol. The zero-order chi connectivity index (χ0) is 13.6. The number of sulfone groups is 1. The summed E-state index contributed by atoms with van der Waals surface area (Å²) < 4.78 is 22.8. The van der Waals surface area contributed by atoms with E-state index in [4.69, 9.17) is 5.73 Å². The molecule has 0 fully saturated rings. The SMILES string of the molecule is CCS(=O)(=O)CCN(C)CCc1cccc(N)c1. The van der Waals surface area contributed by atoms with Gasteiger partial charge in [-0.2, -0.15) is 0 Å². The van der Waals surface area contributed by atoms with Crippen molar-refractivity contribution in [2.45, 2.75) is 13.3 Å². The van der Waals surface area contributed by atoms with Crippen molar-refractivity contribution in [3.05, 3.63) is 29.8 Å². The van der Waals surface area contributed by atoms with Gasteiger partial charge in [-0.1, -0.05) is 19.1 Å². The number of hydrogen-bond acceptors (Lipinski definition) is 4. The molecule has 1 aromatic carbocycles. The Hall–Kier alpha value is -1.07. The molecule has 0 radical (unpaired) electrons. The van der Waals surface area contributed by atoms with Gasteiger partial charge in [0.05, 0.1) is 5.75 Å². The number of hydrogen-bond donors (Lipinski definition) is 1. The van der Waals surface area contributed by atoms with Crippen molar-refractivity contribution in [1.29, 1.82) is 0 Å². The van der Waals surface area contributed by atoms with Crippen LogP contribution in [0.15, 0.2) is 24.3 Å². The van der Waals surface area contributed by atoms with E-state index in [1.165, 1.54) is 5.56 Å². The summed E-state index contributed by atoms with van der Waals surface area (Å²) in [5.41, 5.74) is 7.65. The van der Waals surface area contributed by atoms with Gasteiger partial charge >= 0.3 is 0 Å². The lowest BCUT2D eigenvalue weighted by molar-refractivity contribution is 0.358. The van der Waals surface area contributed by atoms with Crippen LogP contribution in [0.1, 0.15) is 12.5 Å². The van der Waals surface area contributed by atoms with Gasteiger partial charge in [-0.15, -0.1) is 0 Å². The molecular formula is C13H22N2O2S. The van der Waals surface area contributed by atoms with Crippen molar-refractivity contribution in [3.63, 3.8) is 0 Å². The second-order valence-electron chi connectivity index (χ2n) is 4.53. The minimum atomic E-state index is -2.87. The van der Waals surface area contributed by atoms with Crippen molar-refractivity contribution < 1.29 is 8.42 Å². The number of benzene rings is 1. The molecule has 0 spiro atoms. The summed E-state index contributed by atoms with van der Waals surface area (Å²) in [4.78, 5) is 2.04. The van der Waals surface area contributed by atoms with Crippen LogP contribution < -0.4 is 5.73 Å². The first-order valence-corrected chi connectivity index (χ1v) is 7.98. The molecule has 0 bridgehead atoms. The fourth-order valence-corrected chi connectivity index (χ4v) is 2.50. The number of anilines is 1. The van der Waals surface area contributed by atoms with E-state index >= 15 is 0 Å². The average Bonchev–Trinajstić information content (AvgIpc) is 2.34. The Morgan fingerprint density at radius 3 is 2.61 bits per heavy atom. The van der Waals surface area contributed by atoms with Crippen LogP contribution >= 0.6 is 0 Å². The van der Waals surface area contributed by atoms with E-state index in [1.807, 2.05) is 36.2 Å². The van der Waals surface area contributed by atoms with Crippen LogP contribution in [0.2, 0.25) is 0 Å². The molecule has 102 valence electrons. The summed E-state index contributed by atoms with van der Waals surface area (Å²) in [6, 6.07) is 7.79. The molecular weight excluding hydrogens is 248 g/mol. The van der Waals surface area contributed by atoms with E-state index in [2.05, 4.69) is 0 Å². The number of likely N-dealkylation sites (N-methyl/N-ethyl adjacent to an activating group) is 1. The first-order chi connectivity index (χ1) is 8.43. The predicted octanol–water partition coefficient (Wildman–Crippen LogP) is 1.18. The summed E-state index contributed by atoms with van der Waals surface area (Å²) in [7, 11) is -0.924. The highest BCUT2D eigenvalue weighted by Crippen LogP contribution is 2.07. The van der Waals surface area contributed by atoms with E-state index in [0.29, 0.717) is 6.54 Å². The van der Waals surface area contributed by atoms with Crippen LogP contribution in [0.4, 0.5) is 5.69 Å². The van der Waals surface area contributed by atoms with Crippen molar-refractivity contribution in [3.8, 4) is 0 Å². The normalized spacial score (nSPS) is 11.9. The first-order valence-electron chi connectivity index (χ1n) is 6.16. The number of nitrogens with zero attached hydrogens (tertiary/aromatic N) is 1. The van der Waals surface area contributed by atoms with Gasteiger partial charge in [0.2, 0.25) is 0 Å². The summed E-state index contributed by atoms with van der Waals surface area (Å²) in [5, 5.41) is 0. The minimum absolute atomic E-state index is 0.218. The van der Waals surface area contributed by atoms with E-state index in [0.717, 1.165) is 18.7 Å². The standard InChI is InChI=1S/C13H22N2O2S/c1-3-18(16,17)10-9-15(2)8-7-12-5-4-6-13(14)11-12/h4-6,11H,3,7-10,14H2,1-2H3. The Morgan fingerprint density at radius 2 is 2.00 bits per heavy atom. The molecule has 1 rings (SSSR count). The average molecular weight is 270 g/mol. The third-order valence-electron chi connectivity index (χ3n) is 2.96. The van der Waals surface area contributed by atoms with Gasteiger partial charge in [0.15, 0.2) is 9.84 Å². The molecule has 0 unspecified atom stereocenters. The Morgan fingerprint density at radius 1 is 1.28 bits per heavy atom. The molecule has 5 heteroatoms. The van der Waals surface area contributed by atoms with Crippen LogP contribution in [0.25, 0.3) is 0 Å². The van der Waals surface area contributed by atoms with E-state index in [1.54, 1.807) is 6.92 Å². The molecule has 0 amide bonds. The molecule has 0 saturated carbocycles. The molecule has 4 nitrogen and oxygen atoms in total. The molecule has 0 aliphatic heterocycles. The van der Waals surface area contributed by atoms with Gasteiger partial charge in [-0.05, 0) is 31.2 Å². The topological polar surface area (TPSA) is 63.4 Å². The third-order valence-corrected chi connectivity index (χ3v) is 4.64. The second-order valence-corrected chi connectivity index (χ2v) is 7.01. The molecule has 0 aliphatic carbocycles. The number of nitrogen functional groups attached to an aromatic ring is 1. The molecule has 0 saturated heterocycles. The maximum atomic E-state index is 11.4. The lowest BCUT2D eigenvalue weighted by Gasteiger charge is -2.16. The third kappa shape index (κ3) is 5.51. The molecule has 0 atom stereocenters. The highest BCUT2D eigenvalue weighted by atomic mass is 32.2. The second kappa shape index (κ2) is 6.75. The van der Waals surface area contributed by atoms with Gasteiger partial charge in [0, 0.05) is 24.5 Å². The van der Waals surface area contributed by atoms with Crippen LogP contribution in [-0.4, -0.2) is 45.0 Å². The van der Waals surface area contributed by atoms with E-state index in [-0.39, 0.29) is 11.5 Å². The van der Waals surface area contributed by atoms with Crippen molar-refractivity contribution in [2.75, 3.05) is 37.4 Å². The van der Waals surface area contributed by atoms with Crippen LogP contribution in [0.5, 0.6) is 0 Å². The molecule has 0 aliphatic rings. The van der Waals surface area contributed by atoms with Crippen LogP contribution in [0, 0.1) is 0 Å². The highest BCUT2D eigenvalue weighted by molar-refractivity contribution is 7.91. The quantitative estimate of drug-likeness (QED) is 0.756. The first kappa shape index (κ1) is 15.0. The minimum Gasteiger partial charge on any atom is -0.399 e. The summed E-state index contributed by atoms with van der Waals surface area (Å²) in [6.07, 6.45) is 0.883. The van der Waals surface area contributed by atoms with Gasteiger partial charge in [0.1, 0.15) is 0 Å². The summed E-state index contributed by atoms with van der Waals surface area (Å²) >= 11 is 0. The van der Waals surface area contributed by atoms with Crippen molar-refractivity contribution in [2.24, 2.45) is 0 Å². The summed E-state index contributed by atoms with van der Waals surface area (Å²) in [5.74, 6) is 0.451. The lowest BCUT2D eigenvalue weighted by Crippen LogP contribution is -2.28. The molecule has 18 heavy (non-hydrogen) atoms. The van der Waals surface area contributed by atoms with Crippen LogP contribution in [-0.2, 0) is 16.3 Å². The number of rotatable bonds is 7. The Bertz CT molecular complexity index is 472. The monoisotopic (exact) mass is 270 g/mol. The maximum Gasteiger partial charge on any atom is 0.151 e. The molecule has 0 aromatic heterocycles. The fraction of sp³-hybridized carbons (Fsp3) is 0.538. The van der Waals surface area contributed by atoms with Crippen molar-refractivity contribution >= 4 is 15.5 Å². The Kier molecular flexibility index (Phi) is 5.62. The van der Waals surface area contributed by atoms with E-state index < -0.39 is 9.84 Å². The highest BCUT2D eigenvalue weighted by Gasteiger charge is 2.09. The Balaban J connectivity index is 2.35. The zero-order valence-corrected chi connectivity index (χ0v) is 11.9. The van der Waals surface area contributed by atoms with Gasteiger partial charge in [-0.25, -0.2) is 8.42 Å². The smallest absolute Gasteiger partial charge is 0.151 e. The van der Waals surface area contributed by atoms with Gasteiger partial charge in [-0.3, -0.25) is 0 Å². The Labute approximate surface area is 110 Å². The largest absolute Gasteiger partial charge is 0.399 e. The van der Waals surface area contributed by atoms with E-state index in [9.17, 15) is 8.42 Å². The zero-order valence-electron chi connectivity index (χ0n) is 11.1. The van der Waals surface area contributed by atoms with Gasteiger partial charge in [0.25, 0.3) is 0 Å². The fourth-order valence-electron chi connectivity index (χ4n) is 1.62. The van der Waals surface area contributed by atoms with Crippen LogP contribution in [0.3, 0.4) is 0 Å². The lowest BCUT2D eigenvalue weighted by atomic mass is 10.1. The molecule has 1 aromatic rings. The van der Waals surface area contributed by atoms with Gasteiger partial charge < -0.3 is 10.6 Å². The number of nitrogens with two attached hydrogens (primary N) is 1. The molecule has 2 N–H and O–H groups in total. The summed E-state index contributed by atoms with van der Waals surface area (Å²) in [6.45, 7) is 3.10. The molecule has 0 heterocycles.